The van der Waals surface area contributed by atoms with E-state index in [9.17, 15) is 0 Å². The largest absolute Gasteiger partial charge is 0.330 e. The number of nitrogens with two attached hydrogens (primary N) is 1. The maximum atomic E-state index is 5.57. The van der Waals surface area contributed by atoms with Crippen molar-refractivity contribution in [3.8, 4) is 11.4 Å². The van der Waals surface area contributed by atoms with E-state index in [1.54, 1.807) is 0 Å². The van der Waals surface area contributed by atoms with Crippen LogP contribution < -0.4 is 5.73 Å². The molecule has 0 amide bonds. The van der Waals surface area contributed by atoms with Crippen LogP contribution in [0.15, 0.2) is 24.3 Å². The Morgan fingerprint density at radius 2 is 1.75 bits per heavy atom. The van der Waals surface area contributed by atoms with Crippen LogP contribution in [0.2, 0.25) is 0 Å². The summed E-state index contributed by atoms with van der Waals surface area (Å²) in [6, 6.07) is 8.46. The van der Waals surface area contributed by atoms with Crippen molar-refractivity contribution >= 4 is 0 Å². The Bertz CT molecular complexity index is 561. The third kappa shape index (κ3) is 3.84. The maximum absolute atomic E-state index is 5.57. The Morgan fingerprint density at radius 1 is 1.05 bits per heavy atom. The molecular formula is C16H22N4. The standard InChI is InChI=1S/C16H22N4/c1-11(2)10-13-4-6-14(7-5-13)16-19-12(3)18-15(20-16)8-9-17/h4-7,11H,8-10,17H2,1-3H3. The fourth-order valence-corrected chi connectivity index (χ4v) is 2.17. The van der Waals surface area contributed by atoms with Crippen molar-refractivity contribution < 1.29 is 0 Å². The highest BCUT2D eigenvalue weighted by Crippen LogP contribution is 2.17. The van der Waals surface area contributed by atoms with E-state index in [2.05, 4.69) is 53.1 Å². The first-order chi connectivity index (χ1) is 9.58. The quantitative estimate of drug-likeness (QED) is 0.906. The summed E-state index contributed by atoms with van der Waals surface area (Å²) in [5, 5.41) is 0. The van der Waals surface area contributed by atoms with Crippen molar-refractivity contribution in [2.45, 2.75) is 33.6 Å². The van der Waals surface area contributed by atoms with Crippen LogP contribution >= 0.6 is 0 Å². The molecule has 0 aliphatic rings. The number of rotatable bonds is 5. The second-order valence-electron chi connectivity index (χ2n) is 5.46. The fourth-order valence-electron chi connectivity index (χ4n) is 2.17. The van der Waals surface area contributed by atoms with Gasteiger partial charge in [-0.05, 0) is 31.4 Å². The Morgan fingerprint density at radius 3 is 2.35 bits per heavy atom. The SMILES string of the molecule is Cc1nc(CCN)nc(-c2ccc(CC(C)C)cc2)n1. The molecule has 106 valence electrons. The third-order valence-corrected chi connectivity index (χ3v) is 3.02. The summed E-state index contributed by atoms with van der Waals surface area (Å²) in [4.78, 5) is 13.2. The number of aromatic nitrogens is 3. The van der Waals surface area contributed by atoms with E-state index in [1.165, 1.54) is 5.56 Å². The van der Waals surface area contributed by atoms with Crippen molar-refractivity contribution in [3.63, 3.8) is 0 Å². The van der Waals surface area contributed by atoms with Crippen LogP contribution in [0.25, 0.3) is 11.4 Å². The molecular weight excluding hydrogens is 248 g/mol. The van der Waals surface area contributed by atoms with Gasteiger partial charge < -0.3 is 5.73 Å². The number of benzene rings is 1. The van der Waals surface area contributed by atoms with Crippen molar-refractivity contribution in [1.82, 2.24) is 15.0 Å². The predicted octanol–water partition coefficient (Wildman–Crippen LogP) is 2.55. The Labute approximate surface area is 120 Å². The van der Waals surface area contributed by atoms with Gasteiger partial charge in [-0.15, -0.1) is 0 Å². The number of hydrogen-bond acceptors (Lipinski definition) is 4. The minimum Gasteiger partial charge on any atom is -0.330 e. The lowest BCUT2D eigenvalue weighted by Gasteiger charge is -2.07. The minimum atomic E-state index is 0.552. The molecule has 4 nitrogen and oxygen atoms in total. The van der Waals surface area contributed by atoms with E-state index in [0.717, 1.165) is 29.5 Å². The lowest BCUT2D eigenvalue weighted by Crippen LogP contribution is -2.09. The van der Waals surface area contributed by atoms with Gasteiger partial charge in [-0.25, -0.2) is 15.0 Å². The summed E-state index contributed by atoms with van der Waals surface area (Å²) >= 11 is 0. The van der Waals surface area contributed by atoms with Gasteiger partial charge in [0, 0.05) is 12.0 Å². The van der Waals surface area contributed by atoms with Gasteiger partial charge in [0.1, 0.15) is 11.6 Å². The number of aryl methyl sites for hydroxylation is 1. The molecule has 4 heteroatoms. The van der Waals surface area contributed by atoms with Crippen LogP contribution in [0.1, 0.15) is 31.1 Å². The summed E-state index contributed by atoms with van der Waals surface area (Å²) in [6.07, 6.45) is 1.77. The molecule has 0 fully saturated rings. The molecule has 2 aromatic rings. The average Bonchev–Trinajstić information content (AvgIpc) is 2.38. The Kier molecular flexibility index (Phi) is 4.79. The summed E-state index contributed by atoms with van der Waals surface area (Å²) in [6.45, 7) is 6.89. The first kappa shape index (κ1) is 14.6. The molecule has 0 radical (unpaired) electrons. The van der Waals surface area contributed by atoms with E-state index in [1.807, 2.05) is 6.92 Å². The summed E-state index contributed by atoms with van der Waals surface area (Å²) in [7, 11) is 0. The average molecular weight is 270 g/mol. The first-order valence-electron chi connectivity index (χ1n) is 7.09. The molecule has 0 atom stereocenters. The monoisotopic (exact) mass is 270 g/mol. The molecule has 0 bridgehead atoms. The van der Waals surface area contributed by atoms with Crippen LogP contribution in [-0.4, -0.2) is 21.5 Å². The highest BCUT2D eigenvalue weighted by molar-refractivity contribution is 5.55. The molecule has 1 heterocycles. The molecule has 0 saturated carbocycles. The molecule has 1 aromatic heterocycles. The minimum absolute atomic E-state index is 0.552. The molecule has 1 aromatic carbocycles. The summed E-state index contributed by atoms with van der Waals surface area (Å²) in [5.41, 5.74) is 7.94. The van der Waals surface area contributed by atoms with E-state index >= 15 is 0 Å². The maximum Gasteiger partial charge on any atom is 0.163 e. The van der Waals surface area contributed by atoms with Crippen LogP contribution in [0.3, 0.4) is 0 Å². The van der Waals surface area contributed by atoms with E-state index < -0.39 is 0 Å². The molecule has 0 saturated heterocycles. The molecule has 0 aliphatic heterocycles. The summed E-state index contributed by atoms with van der Waals surface area (Å²) in [5.74, 6) is 2.90. The van der Waals surface area contributed by atoms with E-state index in [0.29, 0.717) is 18.9 Å². The summed E-state index contributed by atoms with van der Waals surface area (Å²) < 4.78 is 0. The van der Waals surface area contributed by atoms with Gasteiger partial charge in [-0.1, -0.05) is 38.1 Å². The van der Waals surface area contributed by atoms with Gasteiger partial charge in [0.05, 0.1) is 0 Å². The van der Waals surface area contributed by atoms with Gasteiger partial charge in [-0.3, -0.25) is 0 Å². The van der Waals surface area contributed by atoms with E-state index in [-0.39, 0.29) is 0 Å². The van der Waals surface area contributed by atoms with Crippen LogP contribution in [0.5, 0.6) is 0 Å². The van der Waals surface area contributed by atoms with E-state index in [4.69, 9.17) is 5.73 Å². The van der Waals surface area contributed by atoms with Gasteiger partial charge in [0.2, 0.25) is 0 Å². The van der Waals surface area contributed by atoms with Crippen molar-refractivity contribution in [1.29, 1.82) is 0 Å². The molecule has 2 rings (SSSR count). The molecule has 0 spiro atoms. The lowest BCUT2D eigenvalue weighted by atomic mass is 10.0. The van der Waals surface area contributed by atoms with Crippen molar-refractivity contribution in [3.05, 3.63) is 41.5 Å². The third-order valence-electron chi connectivity index (χ3n) is 3.02. The Hall–Kier alpha value is -1.81. The van der Waals surface area contributed by atoms with Crippen LogP contribution in [0.4, 0.5) is 0 Å². The van der Waals surface area contributed by atoms with Gasteiger partial charge in [0.15, 0.2) is 5.82 Å². The second kappa shape index (κ2) is 6.57. The lowest BCUT2D eigenvalue weighted by molar-refractivity contribution is 0.647. The highest BCUT2D eigenvalue weighted by atomic mass is 15.0. The molecule has 20 heavy (non-hydrogen) atoms. The van der Waals surface area contributed by atoms with Gasteiger partial charge >= 0.3 is 0 Å². The van der Waals surface area contributed by atoms with Gasteiger partial charge in [0.25, 0.3) is 0 Å². The van der Waals surface area contributed by atoms with Gasteiger partial charge in [-0.2, -0.15) is 0 Å². The zero-order chi connectivity index (χ0) is 14.5. The predicted molar refractivity (Wildman–Crippen MR) is 81.3 cm³/mol. The fraction of sp³-hybridized carbons (Fsp3) is 0.438. The topological polar surface area (TPSA) is 64.7 Å². The Balaban J connectivity index is 2.26. The molecule has 0 aliphatic carbocycles. The number of nitrogens with zero attached hydrogens (tertiary/aromatic N) is 3. The second-order valence-corrected chi connectivity index (χ2v) is 5.46. The first-order valence-corrected chi connectivity index (χ1v) is 7.09. The van der Waals surface area contributed by atoms with Crippen LogP contribution in [0, 0.1) is 12.8 Å². The van der Waals surface area contributed by atoms with Crippen molar-refractivity contribution in [2.24, 2.45) is 11.7 Å². The molecule has 0 unspecified atom stereocenters. The zero-order valence-electron chi connectivity index (χ0n) is 12.4. The normalized spacial score (nSPS) is 11.1. The van der Waals surface area contributed by atoms with Crippen molar-refractivity contribution in [2.75, 3.05) is 6.54 Å². The van der Waals surface area contributed by atoms with Crippen LogP contribution in [-0.2, 0) is 12.8 Å². The molecule has 2 N–H and O–H groups in total. The zero-order valence-corrected chi connectivity index (χ0v) is 12.4. The number of hydrogen-bond donors (Lipinski definition) is 1. The highest BCUT2D eigenvalue weighted by Gasteiger charge is 2.06. The smallest absolute Gasteiger partial charge is 0.163 e.